The first-order valence-corrected chi connectivity index (χ1v) is 9.64. The van der Waals surface area contributed by atoms with Gasteiger partial charge in [0.2, 0.25) is 10.0 Å². The van der Waals surface area contributed by atoms with Gasteiger partial charge in [0.05, 0.1) is 5.25 Å². The van der Waals surface area contributed by atoms with Crippen molar-refractivity contribution >= 4 is 10.0 Å². The first-order valence-electron chi connectivity index (χ1n) is 8.13. The highest BCUT2D eigenvalue weighted by Crippen LogP contribution is 2.26. The van der Waals surface area contributed by atoms with Crippen LogP contribution in [0.2, 0.25) is 0 Å². The normalized spacial score (nSPS) is 27.5. The van der Waals surface area contributed by atoms with E-state index < -0.39 is 10.0 Å². The zero-order valence-corrected chi connectivity index (χ0v) is 14.0. The third kappa shape index (κ3) is 4.18. The predicted molar refractivity (Wildman–Crippen MR) is 83.2 cm³/mol. The lowest BCUT2D eigenvalue weighted by Crippen LogP contribution is -2.43. The zero-order chi connectivity index (χ0) is 14.8. The molecule has 0 amide bonds. The summed E-state index contributed by atoms with van der Waals surface area (Å²) < 4.78 is 27.0. The van der Waals surface area contributed by atoms with Crippen LogP contribution in [-0.4, -0.2) is 43.6 Å². The van der Waals surface area contributed by atoms with Crippen molar-refractivity contribution in [3.8, 4) is 0 Å². The van der Waals surface area contributed by atoms with Crippen LogP contribution in [0.1, 0.15) is 52.9 Å². The Kier molecular flexibility index (Phi) is 5.49. The van der Waals surface area contributed by atoms with Crippen molar-refractivity contribution in [1.29, 1.82) is 0 Å². The van der Waals surface area contributed by atoms with Gasteiger partial charge >= 0.3 is 0 Å². The average Bonchev–Trinajstić information content (AvgIpc) is 3.21. The minimum absolute atomic E-state index is 0.307. The van der Waals surface area contributed by atoms with Crippen molar-refractivity contribution in [2.45, 2.75) is 64.2 Å². The van der Waals surface area contributed by atoms with E-state index in [9.17, 15) is 8.42 Å². The fourth-order valence-electron chi connectivity index (χ4n) is 3.00. The second-order valence-electron chi connectivity index (χ2n) is 6.87. The Morgan fingerprint density at radius 1 is 1.10 bits per heavy atom. The van der Waals surface area contributed by atoms with Crippen molar-refractivity contribution in [3.05, 3.63) is 0 Å². The molecular formula is C15H30N2O2S. The molecule has 0 aromatic heterocycles. The largest absolute Gasteiger partial charge is 0.313 e. The van der Waals surface area contributed by atoms with Gasteiger partial charge in [0.1, 0.15) is 0 Å². The summed E-state index contributed by atoms with van der Waals surface area (Å²) in [5.41, 5.74) is 0. The van der Waals surface area contributed by atoms with E-state index in [0.29, 0.717) is 37.5 Å². The first-order chi connectivity index (χ1) is 9.41. The fourth-order valence-corrected chi connectivity index (χ4v) is 4.56. The summed E-state index contributed by atoms with van der Waals surface area (Å²) in [5.74, 6) is 1.33. The van der Waals surface area contributed by atoms with E-state index >= 15 is 0 Å². The second-order valence-corrected chi connectivity index (χ2v) is 9.22. The van der Waals surface area contributed by atoms with E-state index in [1.807, 2.05) is 6.92 Å². The van der Waals surface area contributed by atoms with Gasteiger partial charge in [-0.3, -0.25) is 0 Å². The van der Waals surface area contributed by atoms with Crippen molar-refractivity contribution in [2.75, 3.05) is 19.6 Å². The van der Waals surface area contributed by atoms with Crippen LogP contribution in [0, 0.1) is 11.8 Å². The maximum atomic E-state index is 12.6. The van der Waals surface area contributed by atoms with Crippen molar-refractivity contribution in [1.82, 2.24) is 9.62 Å². The smallest absolute Gasteiger partial charge is 0.217 e. The Morgan fingerprint density at radius 3 is 2.40 bits per heavy atom. The van der Waals surface area contributed by atoms with E-state index in [-0.39, 0.29) is 5.25 Å². The molecule has 0 radical (unpaired) electrons. The second kappa shape index (κ2) is 6.75. The summed E-state index contributed by atoms with van der Waals surface area (Å²) in [5, 5.41) is 3.03. The topological polar surface area (TPSA) is 49.4 Å². The van der Waals surface area contributed by atoms with Crippen molar-refractivity contribution in [3.63, 3.8) is 0 Å². The van der Waals surface area contributed by atoms with E-state index in [1.54, 1.807) is 4.31 Å². The molecule has 4 nitrogen and oxygen atoms in total. The molecule has 1 heterocycles. The van der Waals surface area contributed by atoms with Crippen LogP contribution in [0.25, 0.3) is 0 Å². The number of hydrogen-bond acceptors (Lipinski definition) is 3. The first kappa shape index (κ1) is 16.2. The van der Waals surface area contributed by atoms with Gasteiger partial charge in [0, 0.05) is 25.7 Å². The Hall–Kier alpha value is -0.130. The summed E-state index contributed by atoms with van der Waals surface area (Å²) in [7, 11) is -3.13. The predicted octanol–water partition coefficient (Wildman–Crippen LogP) is 2.21. The average molecular weight is 302 g/mol. The highest BCUT2D eigenvalue weighted by molar-refractivity contribution is 7.89. The summed E-state index contributed by atoms with van der Waals surface area (Å²) >= 11 is 0. The fraction of sp³-hybridized carbons (Fsp3) is 1.00. The molecule has 1 aliphatic heterocycles. The van der Waals surface area contributed by atoms with E-state index in [4.69, 9.17) is 0 Å². The highest BCUT2D eigenvalue weighted by Gasteiger charge is 2.32. The maximum absolute atomic E-state index is 12.6. The third-order valence-electron chi connectivity index (χ3n) is 4.81. The Bertz CT molecular complexity index is 404. The molecule has 0 spiro atoms. The monoisotopic (exact) mass is 302 g/mol. The molecule has 1 N–H and O–H groups in total. The summed E-state index contributed by atoms with van der Waals surface area (Å²) in [6.45, 7) is 8.35. The Morgan fingerprint density at radius 2 is 1.80 bits per heavy atom. The van der Waals surface area contributed by atoms with Crippen LogP contribution >= 0.6 is 0 Å². The molecule has 2 aliphatic rings. The van der Waals surface area contributed by atoms with Gasteiger partial charge in [-0.2, -0.15) is 0 Å². The van der Waals surface area contributed by atoms with Crippen molar-refractivity contribution < 1.29 is 8.42 Å². The molecule has 2 atom stereocenters. The van der Waals surface area contributed by atoms with Crippen LogP contribution in [0.15, 0.2) is 0 Å². The molecule has 20 heavy (non-hydrogen) atoms. The van der Waals surface area contributed by atoms with Crippen LogP contribution < -0.4 is 5.32 Å². The number of sulfonamides is 1. The van der Waals surface area contributed by atoms with Crippen LogP contribution in [0.4, 0.5) is 0 Å². The minimum atomic E-state index is -3.13. The number of nitrogens with one attached hydrogen (secondary N) is 1. The van der Waals surface area contributed by atoms with Crippen LogP contribution in [0.3, 0.4) is 0 Å². The summed E-state index contributed by atoms with van der Waals surface area (Å²) in [6.07, 6.45) is 5.59. The molecule has 0 aromatic rings. The van der Waals surface area contributed by atoms with Crippen LogP contribution in [0.5, 0.6) is 0 Å². The lowest BCUT2D eigenvalue weighted by atomic mass is 9.89. The molecule has 1 saturated carbocycles. The van der Waals surface area contributed by atoms with Gasteiger partial charge < -0.3 is 5.32 Å². The zero-order valence-electron chi connectivity index (χ0n) is 13.1. The summed E-state index contributed by atoms with van der Waals surface area (Å²) in [6, 6.07) is 0.571. The molecule has 5 heteroatoms. The lowest BCUT2D eigenvalue weighted by molar-refractivity contribution is 0.340. The summed E-state index contributed by atoms with van der Waals surface area (Å²) in [4.78, 5) is 0. The van der Waals surface area contributed by atoms with Gasteiger partial charge in [-0.1, -0.05) is 13.8 Å². The molecule has 1 aliphatic carbocycles. The Labute approximate surface area is 124 Å². The van der Waals surface area contributed by atoms with Crippen molar-refractivity contribution in [2.24, 2.45) is 11.8 Å². The quantitative estimate of drug-likeness (QED) is 0.818. The number of hydrogen-bond donors (Lipinski definition) is 1. The molecule has 0 bridgehead atoms. The van der Waals surface area contributed by atoms with Crippen LogP contribution in [-0.2, 0) is 10.0 Å². The van der Waals surface area contributed by atoms with Gasteiger partial charge in [0.25, 0.3) is 0 Å². The highest BCUT2D eigenvalue weighted by atomic mass is 32.2. The SMILES string of the molecule is CC(C)C1CCCN(S(=O)(=O)C(C)CNC2CC2)CC1. The minimum Gasteiger partial charge on any atom is -0.313 e. The van der Waals surface area contributed by atoms with E-state index in [0.717, 1.165) is 12.8 Å². The molecule has 2 unspecified atom stereocenters. The van der Waals surface area contributed by atoms with Gasteiger partial charge in [-0.25, -0.2) is 12.7 Å². The Balaban J connectivity index is 1.90. The van der Waals surface area contributed by atoms with Gasteiger partial charge in [-0.05, 0) is 50.9 Å². The third-order valence-corrected chi connectivity index (χ3v) is 7.08. The number of nitrogens with zero attached hydrogens (tertiary/aromatic N) is 1. The molecule has 1 saturated heterocycles. The molecule has 2 rings (SSSR count). The standard InChI is InChI=1S/C15H30N2O2S/c1-12(2)14-5-4-9-17(10-8-14)20(18,19)13(3)11-16-15-6-7-15/h12-16H,4-11H2,1-3H3. The van der Waals surface area contributed by atoms with Gasteiger partial charge in [-0.15, -0.1) is 0 Å². The van der Waals surface area contributed by atoms with E-state index in [2.05, 4.69) is 19.2 Å². The van der Waals surface area contributed by atoms with E-state index in [1.165, 1.54) is 19.3 Å². The molecule has 118 valence electrons. The lowest BCUT2D eigenvalue weighted by Gasteiger charge is -2.25. The molecule has 2 fully saturated rings. The number of rotatable bonds is 6. The van der Waals surface area contributed by atoms with Gasteiger partial charge in [0.15, 0.2) is 0 Å². The maximum Gasteiger partial charge on any atom is 0.217 e. The molecule has 0 aromatic carbocycles. The molecular weight excluding hydrogens is 272 g/mol.